The molecule has 0 unspecified atom stereocenters. The van der Waals surface area contributed by atoms with Crippen molar-refractivity contribution in [2.24, 2.45) is 0 Å². The van der Waals surface area contributed by atoms with E-state index in [4.69, 9.17) is 12.2 Å². The molecule has 2 amide bonds. The second-order valence-corrected chi connectivity index (χ2v) is 9.77. The summed E-state index contributed by atoms with van der Waals surface area (Å²) in [5.74, 6) is -1.56. The number of aromatic amines is 2. The molecule has 3 aromatic heterocycles. The third-order valence-electron chi connectivity index (χ3n) is 6.77. The van der Waals surface area contributed by atoms with E-state index in [0.29, 0.717) is 35.4 Å². The number of H-pyrrole nitrogens is 2. The molecule has 1 atom stereocenters. The van der Waals surface area contributed by atoms with Gasteiger partial charge in [-0.15, -0.1) is 5.10 Å². The molecule has 0 spiro atoms. The number of fused-ring (bicyclic) bond motifs is 2. The minimum absolute atomic E-state index is 0.0245. The average molecular weight is 561 g/mol. The fourth-order valence-electron chi connectivity index (χ4n) is 4.79. The Morgan fingerprint density at radius 1 is 1.20 bits per heavy atom. The minimum atomic E-state index is -0.638. The molecule has 0 saturated heterocycles. The predicted molar refractivity (Wildman–Crippen MR) is 142 cm³/mol. The maximum atomic E-state index is 13.6. The Balaban J connectivity index is 1.24. The number of aromatic nitrogens is 6. The van der Waals surface area contributed by atoms with Gasteiger partial charge in [0, 0.05) is 12.1 Å². The molecule has 202 valence electrons. The molecule has 0 radical (unpaired) electrons. The molecular weight excluding hydrogens is 539 g/mol. The van der Waals surface area contributed by atoms with Gasteiger partial charge in [0.2, 0.25) is 4.77 Å². The average Bonchev–Trinajstić information content (AvgIpc) is 3.67. The number of amides is 2. The highest BCUT2D eigenvalue weighted by molar-refractivity contribution is 7.71. The van der Waals surface area contributed by atoms with Gasteiger partial charge < -0.3 is 10.6 Å². The van der Waals surface area contributed by atoms with Crippen molar-refractivity contribution < 1.29 is 18.5 Å². The summed E-state index contributed by atoms with van der Waals surface area (Å²) in [5.41, 5.74) is 3.88. The Morgan fingerprint density at radius 2 is 2.05 bits per heavy atom. The van der Waals surface area contributed by atoms with Gasteiger partial charge in [-0.05, 0) is 72.4 Å². The number of hydrogen-bond acceptors (Lipinski definition) is 8. The van der Waals surface area contributed by atoms with Gasteiger partial charge in [-0.25, -0.2) is 23.7 Å². The van der Waals surface area contributed by atoms with Crippen LogP contribution >= 0.6 is 12.2 Å². The zero-order chi connectivity index (χ0) is 28.0. The summed E-state index contributed by atoms with van der Waals surface area (Å²) < 4.78 is 19.7. The lowest BCUT2D eigenvalue weighted by Gasteiger charge is -2.15. The highest BCUT2D eigenvalue weighted by Crippen LogP contribution is 2.33. The van der Waals surface area contributed by atoms with Crippen LogP contribution in [0.4, 0.5) is 4.39 Å². The van der Waals surface area contributed by atoms with Crippen molar-refractivity contribution in [1.29, 1.82) is 0 Å². The maximum absolute atomic E-state index is 13.6. The summed E-state index contributed by atoms with van der Waals surface area (Å²) in [6, 6.07) is 11.2. The Hall–Kier alpha value is -4.98. The summed E-state index contributed by atoms with van der Waals surface area (Å²) in [6.07, 6.45) is 1.35. The van der Waals surface area contributed by atoms with Crippen LogP contribution in [0.15, 0.2) is 51.8 Å². The van der Waals surface area contributed by atoms with Gasteiger partial charge in [0.25, 0.3) is 17.6 Å². The van der Waals surface area contributed by atoms with E-state index < -0.39 is 17.6 Å². The van der Waals surface area contributed by atoms with Crippen LogP contribution in [-0.4, -0.2) is 41.5 Å². The molecule has 14 heteroatoms. The number of nitrogens with one attached hydrogen (secondary N) is 4. The molecule has 1 aliphatic carbocycles. The number of aryl methyl sites for hydroxylation is 2. The summed E-state index contributed by atoms with van der Waals surface area (Å²) in [7, 11) is 0. The lowest BCUT2D eigenvalue weighted by atomic mass is 10.0. The van der Waals surface area contributed by atoms with Gasteiger partial charge in [0.15, 0.2) is 5.82 Å². The largest absolute Gasteiger partial charge is 0.439 e. The molecule has 4 N–H and O–H groups in total. The van der Waals surface area contributed by atoms with Crippen molar-refractivity contribution in [2.75, 3.05) is 0 Å². The molecule has 0 aliphatic heterocycles. The summed E-state index contributed by atoms with van der Waals surface area (Å²) in [6.45, 7) is 1.78. The molecule has 1 aliphatic rings. The predicted octanol–water partition coefficient (Wildman–Crippen LogP) is 2.93. The topological polar surface area (TPSA) is 163 Å². The van der Waals surface area contributed by atoms with Gasteiger partial charge in [-0.2, -0.15) is 0 Å². The Morgan fingerprint density at radius 3 is 2.83 bits per heavy atom. The fourth-order valence-corrected chi connectivity index (χ4v) is 5.01. The Bertz CT molecular complexity index is 1920. The Labute approximate surface area is 229 Å². The third kappa shape index (κ3) is 4.68. The maximum Gasteiger partial charge on any atom is 0.439 e. The van der Waals surface area contributed by atoms with E-state index >= 15 is 0 Å². The summed E-state index contributed by atoms with van der Waals surface area (Å²) in [5, 5.41) is 16.1. The van der Waals surface area contributed by atoms with Crippen LogP contribution in [0.1, 0.15) is 55.7 Å². The molecule has 0 fully saturated rings. The van der Waals surface area contributed by atoms with Crippen LogP contribution in [0.3, 0.4) is 0 Å². The zero-order valence-corrected chi connectivity index (χ0v) is 21.8. The van der Waals surface area contributed by atoms with Crippen molar-refractivity contribution in [2.45, 2.75) is 32.4 Å². The Kier molecular flexibility index (Phi) is 6.30. The van der Waals surface area contributed by atoms with Crippen LogP contribution in [0.5, 0.6) is 0 Å². The number of halogens is 1. The quantitative estimate of drug-likeness (QED) is 0.230. The van der Waals surface area contributed by atoms with Crippen molar-refractivity contribution >= 4 is 29.8 Å². The molecular formula is C26H21FN8O4S. The second kappa shape index (κ2) is 9.96. The van der Waals surface area contributed by atoms with Crippen molar-refractivity contribution in [1.82, 2.24) is 40.4 Å². The van der Waals surface area contributed by atoms with Crippen molar-refractivity contribution in [3.8, 4) is 11.4 Å². The molecule has 0 saturated carbocycles. The lowest BCUT2D eigenvalue weighted by Crippen LogP contribution is -2.30. The van der Waals surface area contributed by atoms with E-state index in [1.54, 1.807) is 25.1 Å². The summed E-state index contributed by atoms with van der Waals surface area (Å²) in [4.78, 5) is 44.6. The number of carbonyl (C=O) groups excluding carboxylic acids is 2. The van der Waals surface area contributed by atoms with Gasteiger partial charge in [-0.3, -0.25) is 19.1 Å². The van der Waals surface area contributed by atoms with Gasteiger partial charge in [0.05, 0.1) is 6.04 Å². The van der Waals surface area contributed by atoms with Crippen LogP contribution in [0.25, 0.3) is 17.2 Å². The molecule has 12 nitrogen and oxygen atoms in total. The van der Waals surface area contributed by atoms with Crippen molar-refractivity contribution in [3.05, 3.63) is 97.2 Å². The zero-order valence-electron chi connectivity index (χ0n) is 20.9. The van der Waals surface area contributed by atoms with E-state index in [1.807, 2.05) is 12.1 Å². The monoisotopic (exact) mass is 560 g/mol. The molecule has 0 bridgehead atoms. The first-order valence-corrected chi connectivity index (χ1v) is 12.7. The second-order valence-electron chi connectivity index (χ2n) is 9.38. The third-order valence-corrected chi connectivity index (χ3v) is 7.04. The van der Waals surface area contributed by atoms with E-state index in [9.17, 15) is 18.8 Å². The highest BCUT2D eigenvalue weighted by Gasteiger charge is 2.27. The van der Waals surface area contributed by atoms with Gasteiger partial charge in [-0.1, -0.05) is 29.4 Å². The van der Waals surface area contributed by atoms with Crippen LogP contribution in [0.2, 0.25) is 0 Å². The van der Waals surface area contributed by atoms with Crippen LogP contribution in [-0.2, 0) is 13.0 Å². The molecule has 40 heavy (non-hydrogen) atoms. The SMILES string of the molecule is Cc1cc(CNC(=O)c2cc(C(=O)N[C@H]3CCc4cc(-c5noc(=O)[nH]5)ccc43)n3c(=S)[nH]nc3n2)ccc1F. The minimum Gasteiger partial charge on any atom is -0.347 e. The lowest BCUT2D eigenvalue weighted by molar-refractivity contribution is 0.0930. The molecule has 6 rings (SSSR count). The number of hydrogen-bond donors (Lipinski definition) is 4. The first-order chi connectivity index (χ1) is 19.3. The van der Waals surface area contributed by atoms with E-state index in [2.05, 4.69) is 40.5 Å². The number of rotatable bonds is 6. The van der Waals surface area contributed by atoms with Gasteiger partial charge >= 0.3 is 5.76 Å². The van der Waals surface area contributed by atoms with E-state index in [-0.39, 0.29) is 40.3 Å². The van der Waals surface area contributed by atoms with E-state index in [1.165, 1.54) is 16.5 Å². The smallest absolute Gasteiger partial charge is 0.347 e. The number of carbonyl (C=O) groups is 2. The molecule has 3 heterocycles. The molecule has 2 aromatic carbocycles. The molecule has 5 aromatic rings. The van der Waals surface area contributed by atoms with Crippen molar-refractivity contribution in [3.63, 3.8) is 0 Å². The van der Waals surface area contributed by atoms with Crippen LogP contribution in [0, 0.1) is 17.5 Å². The first kappa shape index (κ1) is 25.3. The normalized spacial score (nSPS) is 14.3. The number of nitrogens with zero attached hydrogens (tertiary/aromatic N) is 4. The first-order valence-electron chi connectivity index (χ1n) is 12.3. The number of benzene rings is 2. The highest BCUT2D eigenvalue weighted by atomic mass is 32.1. The van der Waals surface area contributed by atoms with Crippen LogP contribution < -0.4 is 16.4 Å². The standard InChI is InChI=1S/C26H21FN8O4S/c1-12-8-13(2-6-17(12)27)11-28-22(36)19-10-20(35-24(30-19)32-33-25(35)40)23(37)29-18-7-4-14-9-15(3-5-16(14)18)21-31-26(38)39-34-21/h2-3,5-6,8-10,18H,4,7,11H2,1H3,(H,28,36)(H,29,37)(H,33,40)(H,31,34,38)/t18-/m0/s1. The fraction of sp³-hybridized carbons (Fsp3) is 0.192. The summed E-state index contributed by atoms with van der Waals surface area (Å²) >= 11 is 5.30. The van der Waals surface area contributed by atoms with Gasteiger partial charge in [0.1, 0.15) is 17.2 Å². The van der Waals surface area contributed by atoms with E-state index in [0.717, 1.165) is 11.1 Å².